The second-order valence-corrected chi connectivity index (χ2v) is 8.61. The third-order valence-electron chi connectivity index (χ3n) is 6.76. The number of pyridine rings is 1. The summed E-state index contributed by atoms with van der Waals surface area (Å²) in [6, 6.07) is 9.31. The minimum Gasteiger partial charge on any atom is -0.492 e. The SMILES string of the molecule is CCC1CC(CC)C(=O)N(c2ccc(Oc3cccc4c3C3(CC3)CO4)nc2)C1=O. The molecule has 2 unspecified atom stereocenters. The maximum absolute atomic E-state index is 12.8. The molecule has 5 rings (SSSR count). The minimum absolute atomic E-state index is 0.100. The van der Waals surface area contributed by atoms with E-state index in [1.807, 2.05) is 32.0 Å². The molecule has 3 heterocycles. The van der Waals surface area contributed by atoms with Crippen LogP contribution in [0.2, 0.25) is 0 Å². The molecule has 30 heavy (non-hydrogen) atoms. The maximum atomic E-state index is 12.8. The average Bonchev–Trinajstić information content (AvgIpc) is 3.44. The Morgan fingerprint density at radius 1 is 1.10 bits per heavy atom. The number of benzene rings is 1. The predicted molar refractivity (Wildman–Crippen MR) is 112 cm³/mol. The first-order chi connectivity index (χ1) is 14.6. The number of carbonyl (C=O) groups excluding carboxylic acids is 2. The highest BCUT2D eigenvalue weighted by Gasteiger charge is 2.52. The smallest absolute Gasteiger partial charge is 0.236 e. The molecular formula is C24H26N2O4. The van der Waals surface area contributed by atoms with Crippen molar-refractivity contribution in [2.45, 2.75) is 51.4 Å². The molecule has 2 fully saturated rings. The molecule has 2 atom stereocenters. The quantitative estimate of drug-likeness (QED) is 0.678. The second kappa shape index (κ2) is 7.11. The Bertz CT molecular complexity index is 975. The van der Waals surface area contributed by atoms with Crippen LogP contribution in [0, 0.1) is 11.8 Å². The van der Waals surface area contributed by atoms with Gasteiger partial charge in [0.25, 0.3) is 0 Å². The Labute approximate surface area is 176 Å². The molecule has 1 spiro atoms. The first kappa shape index (κ1) is 19.1. The first-order valence-corrected chi connectivity index (χ1v) is 10.8. The van der Waals surface area contributed by atoms with Gasteiger partial charge in [0, 0.05) is 28.9 Å². The number of fused-ring (bicyclic) bond motifs is 2. The highest BCUT2D eigenvalue weighted by atomic mass is 16.5. The summed E-state index contributed by atoms with van der Waals surface area (Å²) in [5, 5.41) is 0. The van der Waals surface area contributed by atoms with Gasteiger partial charge in [-0.2, -0.15) is 0 Å². The van der Waals surface area contributed by atoms with E-state index in [2.05, 4.69) is 4.98 Å². The zero-order valence-electron chi connectivity index (χ0n) is 17.4. The molecule has 1 aromatic heterocycles. The Morgan fingerprint density at radius 3 is 2.43 bits per heavy atom. The van der Waals surface area contributed by atoms with E-state index in [-0.39, 0.29) is 29.1 Å². The molecule has 2 aliphatic heterocycles. The molecule has 156 valence electrons. The number of amides is 2. The van der Waals surface area contributed by atoms with Crippen LogP contribution in [0.3, 0.4) is 0 Å². The number of rotatable bonds is 5. The average molecular weight is 406 g/mol. The summed E-state index contributed by atoms with van der Waals surface area (Å²) in [5.74, 6) is 1.60. The molecule has 1 aliphatic carbocycles. The normalized spacial score (nSPS) is 24.0. The van der Waals surface area contributed by atoms with Crippen LogP contribution in [0.15, 0.2) is 36.5 Å². The fraction of sp³-hybridized carbons (Fsp3) is 0.458. The molecule has 0 radical (unpaired) electrons. The van der Waals surface area contributed by atoms with Crippen molar-refractivity contribution in [2.75, 3.05) is 11.5 Å². The fourth-order valence-corrected chi connectivity index (χ4v) is 4.71. The van der Waals surface area contributed by atoms with Crippen LogP contribution >= 0.6 is 0 Å². The van der Waals surface area contributed by atoms with Gasteiger partial charge >= 0.3 is 0 Å². The molecule has 6 heteroatoms. The fourth-order valence-electron chi connectivity index (χ4n) is 4.71. The lowest BCUT2D eigenvalue weighted by Crippen LogP contribution is -2.49. The lowest BCUT2D eigenvalue weighted by atomic mass is 9.84. The topological polar surface area (TPSA) is 68.7 Å². The molecule has 2 aromatic rings. The number of piperidine rings is 1. The number of ether oxygens (including phenoxy) is 2. The van der Waals surface area contributed by atoms with E-state index >= 15 is 0 Å². The number of hydrogen-bond donors (Lipinski definition) is 0. The number of imide groups is 1. The largest absolute Gasteiger partial charge is 0.492 e. The van der Waals surface area contributed by atoms with Crippen molar-refractivity contribution in [3.8, 4) is 17.4 Å². The monoisotopic (exact) mass is 406 g/mol. The van der Waals surface area contributed by atoms with Gasteiger partial charge in [0.15, 0.2) is 0 Å². The number of hydrogen-bond acceptors (Lipinski definition) is 5. The van der Waals surface area contributed by atoms with Crippen molar-refractivity contribution < 1.29 is 19.1 Å². The van der Waals surface area contributed by atoms with Gasteiger partial charge in [0.05, 0.1) is 18.5 Å². The van der Waals surface area contributed by atoms with Gasteiger partial charge in [0.2, 0.25) is 17.7 Å². The van der Waals surface area contributed by atoms with Gasteiger partial charge in [0.1, 0.15) is 11.5 Å². The van der Waals surface area contributed by atoms with Gasteiger partial charge in [-0.15, -0.1) is 0 Å². The molecule has 1 saturated carbocycles. The Balaban J connectivity index is 1.40. The standard InChI is InChI=1S/C24H26N2O4/c1-3-15-12-16(4-2)23(28)26(22(15)27)17-8-9-20(25-13-17)30-19-7-5-6-18-21(19)24(10-11-24)14-29-18/h5-9,13,15-16H,3-4,10-12,14H2,1-2H3. The molecule has 0 bridgehead atoms. The van der Waals surface area contributed by atoms with Crippen LogP contribution in [0.25, 0.3) is 0 Å². The second-order valence-electron chi connectivity index (χ2n) is 8.61. The van der Waals surface area contributed by atoms with Crippen LogP contribution in [-0.2, 0) is 15.0 Å². The summed E-state index contributed by atoms with van der Waals surface area (Å²) in [7, 11) is 0. The van der Waals surface area contributed by atoms with Crippen molar-refractivity contribution in [1.29, 1.82) is 0 Å². The number of carbonyl (C=O) groups is 2. The molecule has 1 saturated heterocycles. The maximum Gasteiger partial charge on any atom is 0.236 e. The summed E-state index contributed by atoms with van der Waals surface area (Å²) in [6.07, 6.45) is 5.89. The van der Waals surface area contributed by atoms with Gasteiger partial charge < -0.3 is 9.47 Å². The number of nitrogens with zero attached hydrogens (tertiary/aromatic N) is 2. The van der Waals surface area contributed by atoms with Crippen LogP contribution < -0.4 is 14.4 Å². The zero-order valence-corrected chi connectivity index (χ0v) is 17.4. The van der Waals surface area contributed by atoms with Crippen molar-refractivity contribution in [3.05, 3.63) is 42.1 Å². The van der Waals surface area contributed by atoms with Crippen LogP contribution in [0.4, 0.5) is 5.69 Å². The van der Waals surface area contributed by atoms with Crippen molar-refractivity contribution in [2.24, 2.45) is 11.8 Å². The lowest BCUT2D eigenvalue weighted by molar-refractivity contribution is -0.135. The van der Waals surface area contributed by atoms with E-state index in [9.17, 15) is 9.59 Å². The van der Waals surface area contributed by atoms with E-state index in [0.29, 0.717) is 24.6 Å². The summed E-state index contributed by atoms with van der Waals surface area (Å²) in [6.45, 7) is 4.70. The Hall–Kier alpha value is -2.89. The first-order valence-electron chi connectivity index (χ1n) is 10.8. The number of anilines is 1. The van der Waals surface area contributed by atoms with E-state index in [1.54, 1.807) is 18.3 Å². The lowest BCUT2D eigenvalue weighted by Gasteiger charge is -2.34. The molecule has 1 aromatic carbocycles. The van der Waals surface area contributed by atoms with E-state index < -0.39 is 0 Å². The highest BCUT2D eigenvalue weighted by Crippen LogP contribution is 2.58. The van der Waals surface area contributed by atoms with Gasteiger partial charge in [-0.25, -0.2) is 9.88 Å². The Kier molecular flexibility index (Phi) is 4.53. The van der Waals surface area contributed by atoms with Crippen LogP contribution in [0.1, 0.15) is 51.5 Å². The summed E-state index contributed by atoms with van der Waals surface area (Å²) in [5.41, 5.74) is 1.74. The van der Waals surface area contributed by atoms with E-state index in [1.165, 1.54) is 4.90 Å². The Morgan fingerprint density at radius 2 is 1.83 bits per heavy atom. The van der Waals surface area contributed by atoms with Crippen LogP contribution in [0.5, 0.6) is 17.4 Å². The predicted octanol–water partition coefficient (Wildman–Crippen LogP) is 4.61. The third kappa shape index (κ3) is 2.97. The third-order valence-corrected chi connectivity index (χ3v) is 6.76. The molecule has 0 N–H and O–H groups in total. The van der Waals surface area contributed by atoms with E-state index in [0.717, 1.165) is 42.7 Å². The van der Waals surface area contributed by atoms with Gasteiger partial charge in [-0.3, -0.25) is 9.59 Å². The minimum atomic E-state index is -0.128. The van der Waals surface area contributed by atoms with Crippen molar-refractivity contribution in [1.82, 2.24) is 4.98 Å². The molecule has 2 amide bonds. The molecule has 6 nitrogen and oxygen atoms in total. The van der Waals surface area contributed by atoms with Gasteiger partial charge in [-0.05, 0) is 50.3 Å². The van der Waals surface area contributed by atoms with Crippen molar-refractivity contribution in [3.63, 3.8) is 0 Å². The van der Waals surface area contributed by atoms with E-state index in [4.69, 9.17) is 9.47 Å². The summed E-state index contributed by atoms with van der Waals surface area (Å²) < 4.78 is 11.9. The summed E-state index contributed by atoms with van der Waals surface area (Å²) >= 11 is 0. The van der Waals surface area contributed by atoms with Crippen LogP contribution in [-0.4, -0.2) is 23.4 Å². The zero-order chi connectivity index (χ0) is 20.9. The summed E-state index contributed by atoms with van der Waals surface area (Å²) in [4.78, 5) is 31.4. The van der Waals surface area contributed by atoms with Gasteiger partial charge in [-0.1, -0.05) is 19.9 Å². The van der Waals surface area contributed by atoms with Crippen molar-refractivity contribution >= 4 is 17.5 Å². The molecule has 3 aliphatic rings. The highest BCUT2D eigenvalue weighted by molar-refractivity contribution is 6.17. The molecular weight excluding hydrogens is 380 g/mol. The number of aromatic nitrogens is 1.